The van der Waals surface area contributed by atoms with Crippen molar-refractivity contribution < 1.29 is 113 Å². The first-order valence-electron chi connectivity index (χ1n) is 28.0. The number of aliphatic hydroxyl groups is 11. The molecular formula is C52H95O23P. The molecule has 2 heterocycles. The van der Waals surface area contributed by atoms with Crippen molar-refractivity contribution in [3.8, 4) is 0 Å². The molecule has 0 aromatic heterocycles. The summed E-state index contributed by atoms with van der Waals surface area (Å²) in [6.45, 7) is 0.960. The van der Waals surface area contributed by atoms with Crippen LogP contribution in [-0.2, 0) is 51.6 Å². The smallest absolute Gasteiger partial charge is 0.462 e. The summed E-state index contributed by atoms with van der Waals surface area (Å²) in [5, 5.41) is 116. The summed E-state index contributed by atoms with van der Waals surface area (Å²) in [7, 11) is -5.63. The Morgan fingerprint density at radius 3 is 1.30 bits per heavy atom. The highest BCUT2D eigenvalue weighted by molar-refractivity contribution is 7.47. The molecule has 1 saturated carbocycles. The SMILES string of the molecule is CCCCCCCC/C=C\CCCCCC(=O)OC(COC(=O)CCCCCCCCCCCCCC)COP(=O)(O)OC1C(OC2OC(CO)C(O)C(O)C2O)C(O)C(O)C(O)C1OC1OC(CO)C(O)C(O)C1O. The van der Waals surface area contributed by atoms with Crippen molar-refractivity contribution in [2.24, 2.45) is 0 Å². The Balaban J connectivity index is 1.74. The van der Waals surface area contributed by atoms with Gasteiger partial charge in [-0.15, -0.1) is 0 Å². The van der Waals surface area contributed by atoms with Gasteiger partial charge in [-0.2, -0.15) is 0 Å². The molecule has 0 spiro atoms. The molecule has 24 heteroatoms. The van der Waals surface area contributed by atoms with E-state index in [1.54, 1.807) is 0 Å². The number of rotatable bonds is 40. The average molecular weight is 1120 g/mol. The summed E-state index contributed by atoms with van der Waals surface area (Å²) in [5.74, 6) is -1.35. The Hall–Kier alpha value is -1.81. The summed E-state index contributed by atoms with van der Waals surface area (Å²) < 4.78 is 58.0. The lowest BCUT2D eigenvalue weighted by Crippen LogP contribution is -2.69. The van der Waals surface area contributed by atoms with Crippen molar-refractivity contribution in [1.29, 1.82) is 0 Å². The van der Waals surface area contributed by atoms with Gasteiger partial charge in [-0.25, -0.2) is 4.57 Å². The molecule has 0 aromatic carbocycles. The van der Waals surface area contributed by atoms with Gasteiger partial charge in [0.25, 0.3) is 0 Å². The maximum Gasteiger partial charge on any atom is 0.472 e. The van der Waals surface area contributed by atoms with Gasteiger partial charge >= 0.3 is 19.8 Å². The normalized spacial score (nSPS) is 32.3. The van der Waals surface area contributed by atoms with Crippen LogP contribution < -0.4 is 0 Å². The van der Waals surface area contributed by atoms with E-state index in [1.165, 1.54) is 77.0 Å². The fraction of sp³-hybridized carbons (Fsp3) is 0.923. The minimum atomic E-state index is -5.63. The van der Waals surface area contributed by atoms with Crippen LogP contribution in [0.3, 0.4) is 0 Å². The van der Waals surface area contributed by atoms with Crippen LogP contribution >= 0.6 is 7.82 Å². The number of esters is 2. The van der Waals surface area contributed by atoms with Crippen molar-refractivity contribution in [2.75, 3.05) is 26.4 Å². The number of carbonyl (C=O) groups excluding carboxylic acids is 2. The molecule has 3 fully saturated rings. The topological polar surface area (TPSA) is 368 Å². The van der Waals surface area contributed by atoms with Crippen LogP contribution in [0.1, 0.15) is 174 Å². The number of aliphatic hydroxyl groups excluding tert-OH is 11. The lowest BCUT2D eigenvalue weighted by atomic mass is 9.84. The van der Waals surface area contributed by atoms with Crippen LogP contribution in [0.2, 0.25) is 0 Å². The Kier molecular flexibility index (Phi) is 34.2. The standard InChI is InChI=1S/C52H95O23P/c1-3-5-7-9-11-13-15-17-19-21-23-25-27-29-38(56)70-34(32-68-37(55)28-26-24-22-20-18-16-14-12-10-8-6-4-2)33-69-76(66,67)75-50-48(73-51-46(64)41(59)39(57)35(30-53)71-51)44(62)43(61)45(63)49(50)74-52-47(65)42(60)40(58)36(31-54)72-52/h17,19,34-36,39-54,57-65H,3-16,18,20-33H2,1-2H3,(H,66,67)/b19-17-. The second-order valence-corrected chi connectivity index (χ2v) is 21.9. The zero-order chi connectivity index (χ0) is 56.0. The van der Waals surface area contributed by atoms with E-state index in [0.29, 0.717) is 19.3 Å². The predicted octanol–water partition coefficient (Wildman–Crippen LogP) is 2.76. The minimum Gasteiger partial charge on any atom is -0.462 e. The van der Waals surface area contributed by atoms with E-state index < -0.39 is 150 Å². The molecule has 0 amide bonds. The van der Waals surface area contributed by atoms with Gasteiger partial charge in [-0.05, 0) is 38.5 Å². The molecule has 0 bridgehead atoms. The number of hydrogen-bond donors (Lipinski definition) is 12. The Labute approximate surface area is 448 Å². The highest BCUT2D eigenvalue weighted by Crippen LogP contribution is 2.49. The van der Waals surface area contributed by atoms with Crippen LogP contribution in [0, 0.1) is 0 Å². The number of phosphoric acid groups is 1. The fourth-order valence-electron chi connectivity index (χ4n) is 9.35. The Morgan fingerprint density at radius 1 is 0.487 bits per heavy atom. The summed E-state index contributed by atoms with van der Waals surface area (Å²) >= 11 is 0. The largest absolute Gasteiger partial charge is 0.472 e. The molecule has 1 aliphatic carbocycles. The van der Waals surface area contributed by atoms with Gasteiger partial charge in [-0.1, -0.05) is 135 Å². The summed E-state index contributed by atoms with van der Waals surface area (Å²) in [5.41, 5.74) is 0. The molecule has 2 saturated heterocycles. The van der Waals surface area contributed by atoms with E-state index in [-0.39, 0.29) is 12.8 Å². The van der Waals surface area contributed by atoms with Gasteiger partial charge in [0.05, 0.1) is 19.8 Å². The maximum absolute atomic E-state index is 14.0. The first-order valence-corrected chi connectivity index (χ1v) is 29.5. The average Bonchev–Trinajstić information content (AvgIpc) is 3.40. The van der Waals surface area contributed by atoms with Gasteiger partial charge in [0.2, 0.25) is 0 Å². The number of phosphoric ester groups is 1. The molecule has 446 valence electrons. The molecule has 2 aliphatic heterocycles. The third kappa shape index (κ3) is 24.1. The van der Waals surface area contributed by atoms with Crippen molar-refractivity contribution in [2.45, 2.75) is 279 Å². The highest BCUT2D eigenvalue weighted by Gasteiger charge is 2.58. The first kappa shape index (κ1) is 68.5. The highest BCUT2D eigenvalue weighted by atomic mass is 31.2. The first-order chi connectivity index (χ1) is 36.4. The van der Waals surface area contributed by atoms with Gasteiger partial charge in [-0.3, -0.25) is 18.6 Å². The van der Waals surface area contributed by atoms with Crippen LogP contribution in [0.5, 0.6) is 0 Å². The van der Waals surface area contributed by atoms with Gasteiger partial charge in [0.1, 0.15) is 92.1 Å². The lowest BCUT2D eigenvalue weighted by molar-refractivity contribution is -0.360. The van der Waals surface area contributed by atoms with Crippen molar-refractivity contribution >= 4 is 19.8 Å². The van der Waals surface area contributed by atoms with Crippen LogP contribution in [0.4, 0.5) is 0 Å². The zero-order valence-electron chi connectivity index (χ0n) is 44.8. The van der Waals surface area contributed by atoms with Gasteiger partial charge in [0, 0.05) is 12.8 Å². The monoisotopic (exact) mass is 1120 g/mol. The molecule has 0 radical (unpaired) electrons. The molecule has 12 N–H and O–H groups in total. The fourth-order valence-corrected chi connectivity index (χ4v) is 10.3. The van der Waals surface area contributed by atoms with E-state index >= 15 is 0 Å². The second kappa shape index (κ2) is 38.0. The zero-order valence-corrected chi connectivity index (χ0v) is 45.7. The minimum absolute atomic E-state index is 0.0494. The van der Waals surface area contributed by atoms with Crippen LogP contribution in [0.25, 0.3) is 0 Å². The molecule has 16 unspecified atom stereocenters. The van der Waals surface area contributed by atoms with Crippen molar-refractivity contribution in [3.05, 3.63) is 12.2 Å². The molecule has 3 aliphatic rings. The molecule has 3 rings (SSSR count). The van der Waals surface area contributed by atoms with Crippen LogP contribution in [0.15, 0.2) is 12.2 Å². The second-order valence-electron chi connectivity index (χ2n) is 20.5. The van der Waals surface area contributed by atoms with E-state index in [4.69, 9.17) is 37.5 Å². The number of ether oxygens (including phenoxy) is 6. The van der Waals surface area contributed by atoms with Crippen LogP contribution in [-0.4, -0.2) is 204 Å². The Morgan fingerprint density at radius 2 is 0.868 bits per heavy atom. The summed E-state index contributed by atoms with van der Waals surface area (Å²) in [4.78, 5) is 37.4. The summed E-state index contributed by atoms with van der Waals surface area (Å²) in [6.07, 6.45) is -6.36. The van der Waals surface area contributed by atoms with Crippen molar-refractivity contribution in [1.82, 2.24) is 0 Å². The van der Waals surface area contributed by atoms with Gasteiger partial charge < -0.3 is 89.5 Å². The lowest BCUT2D eigenvalue weighted by Gasteiger charge is -2.49. The summed E-state index contributed by atoms with van der Waals surface area (Å²) in [6, 6.07) is 0. The molecule has 76 heavy (non-hydrogen) atoms. The molecular weight excluding hydrogens is 1020 g/mol. The molecule has 0 aromatic rings. The third-order valence-corrected chi connectivity index (χ3v) is 15.1. The van der Waals surface area contributed by atoms with E-state index in [0.717, 1.165) is 51.4 Å². The maximum atomic E-state index is 14.0. The quantitative estimate of drug-likeness (QED) is 0.0182. The third-order valence-electron chi connectivity index (χ3n) is 14.1. The molecule has 23 nitrogen and oxygen atoms in total. The van der Waals surface area contributed by atoms with E-state index in [9.17, 15) is 75.2 Å². The molecule has 16 atom stereocenters. The van der Waals surface area contributed by atoms with E-state index in [1.807, 2.05) is 0 Å². The number of unbranched alkanes of at least 4 members (excludes halogenated alkanes) is 20. The van der Waals surface area contributed by atoms with Crippen molar-refractivity contribution in [3.63, 3.8) is 0 Å². The van der Waals surface area contributed by atoms with E-state index in [2.05, 4.69) is 26.0 Å². The Bertz CT molecular complexity index is 1570. The number of hydrogen-bond acceptors (Lipinski definition) is 22. The van der Waals surface area contributed by atoms with Gasteiger partial charge in [0.15, 0.2) is 18.7 Å². The number of allylic oxidation sites excluding steroid dienone is 2. The number of carbonyl (C=O) groups is 2. The predicted molar refractivity (Wildman–Crippen MR) is 273 cm³/mol.